The number of benzene rings is 2. The van der Waals surface area contributed by atoms with Gasteiger partial charge in [-0.3, -0.25) is 4.68 Å². The van der Waals surface area contributed by atoms with Crippen LogP contribution in [0, 0.1) is 34.6 Å². The van der Waals surface area contributed by atoms with Crippen molar-refractivity contribution in [1.29, 1.82) is 0 Å². The second-order valence-electron chi connectivity index (χ2n) is 7.27. The number of aromatic nitrogens is 2. The maximum Gasteiger partial charge on any atom is 0.0662 e. The molecule has 3 heteroatoms. The molecule has 0 aliphatic rings. The predicted octanol–water partition coefficient (Wildman–Crippen LogP) is 4.76. The van der Waals surface area contributed by atoms with E-state index in [1.807, 2.05) is 0 Å². The molecular weight excluding hydrogens is 318 g/mol. The second-order valence-corrected chi connectivity index (χ2v) is 7.27. The summed E-state index contributed by atoms with van der Waals surface area (Å²) < 4.78 is 2.12. The summed E-state index contributed by atoms with van der Waals surface area (Å²) in [5.41, 5.74) is 10.4. The molecule has 3 rings (SSSR count). The number of aryl methyl sites for hydroxylation is 4. The first kappa shape index (κ1) is 18.4. The first-order valence-electron chi connectivity index (χ1n) is 9.30. The summed E-state index contributed by atoms with van der Waals surface area (Å²) in [5, 5.41) is 8.38. The zero-order chi connectivity index (χ0) is 18.7. The maximum absolute atomic E-state index is 4.75. The molecule has 0 amide bonds. The highest BCUT2D eigenvalue weighted by atomic mass is 15.3. The van der Waals surface area contributed by atoms with Crippen molar-refractivity contribution in [3.63, 3.8) is 0 Å². The quantitative estimate of drug-likeness (QED) is 0.696. The molecule has 1 heterocycles. The molecule has 2 aromatic carbocycles. The van der Waals surface area contributed by atoms with E-state index < -0.39 is 0 Å². The molecule has 0 aliphatic carbocycles. The average molecular weight is 348 g/mol. The molecule has 1 aromatic heterocycles. The molecule has 1 N–H and O–H groups in total. The van der Waals surface area contributed by atoms with Crippen molar-refractivity contribution < 1.29 is 0 Å². The molecule has 0 aliphatic heterocycles. The number of rotatable bonds is 6. The van der Waals surface area contributed by atoms with Gasteiger partial charge in [0.05, 0.1) is 12.2 Å². The average Bonchev–Trinajstić information content (AvgIpc) is 2.85. The molecule has 3 nitrogen and oxygen atoms in total. The van der Waals surface area contributed by atoms with E-state index in [2.05, 4.69) is 87.1 Å². The Hall–Kier alpha value is -2.39. The van der Waals surface area contributed by atoms with Gasteiger partial charge in [-0.1, -0.05) is 48.0 Å². The first-order valence-corrected chi connectivity index (χ1v) is 9.30. The maximum atomic E-state index is 4.75. The Bertz CT molecular complexity index is 868. The molecule has 0 saturated heterocycles. The summed E-state index contributed by atoms with van der Waals surface area (Å²) in [5.74, 6) is 0. The fourth-order valence-corrected chi connectivity index (χ4v) is 3.70. The van der Waals surface area contributed by atoms with Gasteiger partial charge in [0.2, 0.25) is 0 Å². The minimum absolute atomic E-state index is 0.823. The molecule has 0 spiro atoms. The third-order valence-corrected chi connectivity index (χ3v) is 5.15. The van der Waals surface area contributed by atoms with Gasteiger partial charge in [-0.25, -0.2) is 0 Å². The highest BCUT2D eigenvalue weighted by molar-refractivity contribution is 5.37. The summed E-state index contributed by atoms with van der Waals surface area (Å²) in [6.45, 7) is 13.4. The smallest absolute Gasteiger partial charge is 0.0662 e. The van der Waals surface area contributed by atoms with E-state index in [0.29, 0.717) is 0 Å². The van der Waals surface area contributed by atoms with Crippen LogP contribution in [0.1, 0.15) is 44.8 Å². The molecule has 0 bridgehead atoms. The van der Waals surface area contributed by atoms with Crippen LogP contribution in [0.25, 0.3) is 0 Å². The molecule has 3 aromatic rings. The van der Waals surface area contributed by atoms with E-state index in [0.717, 1.165) is 25.3 Å². The Morgan fingerprint density at radius 1 is 0.846 bits per heavy atom. The van der Waals surface area contributed by atoms with E-state index in [4.69, 9.17) is 5.10 Å². The van der Waals surface area contributed by atoms with Gasteiger partial charge in [-0.05, 0) is 56.9 Å². The Morgan fingerprint density at radius 2 is 1.46 bits per heavy atom. The predicted molar refractivity (Wildman–Crippen MR) is 108 cm³/mol. The van der Waals surface area contributed by atoms with Gasteiger partial charge in [0.1, 0.15) is 0 Å². The second kappa shape index (κ2) is 7.88. The molecule has 26 heavy (non-hydrogen) atoms. The minimum Gasteiger partial charge on any atom is -0.308 e. The van der Waals surface area contributed by atoms with Crippen molar-refractivity contribution in [3.8, 4) is 0 Å². The Labute approximate surface area is 157 Å². The molecule has 0 saturated carbocycles. The van der Waals surface area contributed by atoms with E-state index in [1.54, 1.807) is 0 Å². The Balaban J connectivity index is 1.69. The number of hydrogen-bond acceptors (Lipinski definition) is 2. The molecule has 0 radical (unpaired) electrons. The highest BCUT2D eigenvalue weighted by Crippen LogP contribution is 2.18. The normalized spacial score (nSPS) is 11.1. The summed E-state index contributed by atoms with van der Waals surface area (Å²) >= 11 is 0. The van der Waals surface area contributed by atoms with Crippen LogP contribution < -0.4 is 5.32 Å². The SMILES string of the molecule is Cc1cc(C)c(CNCc2c(C)nn(Cc3ccccc3)c2C)c(C)c1. The van der Waals surface area contributed by atoms with Crippen LogP contribution in [0.4, 0.5) is 0 Å². The zero-order valence-corrected chi connectivity index (χ0v) is 16.6. The lowest BCUT2D eigenvalue weighted by molar-refractivity contribution is 0.652. The Kier molecular flexibility index (Phi) is 5.58. The van der Waals surface area contributed by atoms with E-state index in [1.165, 1.54) is 39.1 Å². The van der Waals surface area contributed by atoms with Gasteiger partial charge < -0.3 is 5.32 Å². The van der Waals surface area contributed by atoms with Crippen LogP contribution in [0.15, 0.2) is 42.5 Å². The summed E-state index contributed by atoms with van der Waals surface area (Å²) in [6, 6.07) is 15.0. The Morgan fingerprint density at radius 3 is 2.12 bits per heavy atom. The van der Waals surface area contributed by atoms with Crippen molar-refractivity contribution in [2.75, 3.05) is 0 Å². The first-order chi connectivity index (χ1) is 12.5. The number of nitrogens with zero attached hydrogens (tertiary/aromatic N) is 2. The largest absolute Gasteiger partial charge is 0.308 e. The summed E-state index contributed by atoms with van der Waals surface area (Å²) in [7, 11) is 0. The molecule has 136 valence electrons. The van der Waals surface area contributed by atoms with Crippen molar-refractivity contribution in [2.45, 2.75) is 54.3 Å². The molecule has 0 fully saturated rings. The van der Waals surface area contributed by atoms with E-state index in [9.17, 15) is 0 Å². The van der Waals surface area contributed by atoms with Crippen LogP contribution in [0.5, 0.6) is 0 Å². The van der Waals surface area contributed by atoms with Crippen LogP contribution in [-0.4, -0.2) is 9.78 Å². The van der Waals surface area contributed by atoms with Crippen LogP contribution in [0.3, 0.4) is 0 Å². The zero-order valence-electron chi connectivity index (χ0n) is 16.6. The standard InChI is InChI=1S/C23H29N3/c1-16-11-17(2)22(18(3)12-16)13-24-14-23-19(4)25-26(20(23)5)15-21-9-7-6-8-10-21/h6-12,24H,13-15H2,1-5H3. The van der Waals surface area contributed by atoms with Crippen LogP contribution >= 0.6 is 0 Å². The van der Waals surface area contributed by atoms with Crippen molar-refractivity contribution in [1.82, 2.24) is 15.1 Å². The van der Waals surface area contributed by atoms with Crippen LogP contribution in [0.2, 0.25) is 0 Å². The lowest BCUT2D eigenvalue weighted by atomic mass is 10.00. The fraction of sp³-hybridized carbons (Fsp3) is 0.348. The van der Waals surface area contributed by atoms with Gasteiger partial charge >= 0.3 is 0 Å². The number of nitrogens with one attached hydrogen (secondary N) is 1. The van der Waals surface area contributed by atoms with Crippen molar-refractivity contribution in [3.05, 3.63) is 87.2 Å². The number of hydrogen-bond donors (Lipinski definition) is 1. The lowest BCUT2D eigenvalue weighted by Gasteiger charge is -2.13. The summed E-state index contributed by atoms with van der Waals surface area (Å²) in [4.78, 5) is 0. The monoisotopic (exact) mass is 347 g/mol. The van der Waals surface area contributed by atoms with Crippen molar-refractivity contribution >= 4 is 0 Å². The fourth-order valence-electron chi connectivity index (χ4n) is 3.70. The van der Waals surface area contributed by atoms with E-state index in [-0.39, 0.29) is 0 Å². The van der Waals surface area contributed by atoms with Gasteiger partial charge in [0.15, 0.2) is 0 Å². The van der Waals surface area contributed by atoms with Gasteiger partial charge in [0.25, 0.3) is 0 Å². The van der Waals surface area contributed by atoms with Crippen molar-refractivity contribution in [2.24, 2.45) is 0 Å². The topological polar surface area (TPSA) is 29.9 Å². The van der Waals surface area contributed by atoms with Gasteiger partial charge in [0, 0.05) is 24.3 Å². The van der Waals surface area contributed by atoms with Crippen LogP contribution in [-0.2, 0) is 19.6 Å². The van der Waals surface area contributed by atoms with Gasteiger partial charge in [-0.2, -0.15) is 5.10 Å². The lowest BCUT2D eigenvalue weighted by Crippen LogP contribution is -2.16. The third-order valence-electron chi connectivity index (χ3n) is 5.15. The molecule has 0 atom stereocenters. The van der Waals surface area contributed by atoms with E-state index >= 15 is 0 Å². The minimum atomic E-state index is 0.823. The molecule has 0 unspecified atom stereocenters. The highest BCUT2D eigenvalue weighted by Gasteiger charge is 2.12. The molecular formula is C23H29N3. The summed E-state index contributed by atoms with van der Waals surface area (Å²) in [6.07, 6.45) is 0. The van der Waals surface area contributed by atoms with Gasteiger partial charge in [-0.15, -0.1) is 0 Å². The third kappa shape index (κ3) is 4.05.